The van der Waals surface area contributed by atoms with Crippen LogP contribution in [0.3, 0.4) is 0 Å². The van der Waals surface area contributed by atoms with E-state index in [1.165, 1.54) is 12.3 Å². The molecule has 8 nitrogen and oxygen atoms in total. The van der Waals surface area contributed by atoms with Crippen molar-refractivity contribution in [2.24, 2.45) is 0 Å². The van der Waals surface area contributed by atoms with Crippen LogP contribution in [0.4, 0.5) is 10.2 Å². The Morgan fingerprint density at radius 1 is 1.10 bits per heavy atom. The first-order valence-electron chi connectivity index (χ1n) is 12.4. The summed E-state index contributed by atoms with van der Waals surface area (Å²) in [6.45, 7) is 4.05. The lowest BCUT2D eigenvalue weighted by Gasteiger charge is -2.16. The molecule has 0 aliphatic heterocycles. The van der Waals surface area contributed by atoms with Gasteiger partial charge in [-0.15, -0.1) is 5.10 Å². The molecule has 0 spiro atoms. The van der Waals surface area contributed by atoms with Crippen molar-refractivity contribution in [3.05, 3.63) is 87.8 Å². The van der Waals surface area contributed by atoms with E-state index in [9.17, 15) is 14.3 Å². The molecule has 0 fully saturated rings. The highest BCUT2D eigenvalue weighted by Crippen LogP contribution is 2.36. The van der Waals surface area contributed by atoms with Gasteiger partial charge in [0.25, 0.3) is 5.91 Å². The fourth-order valence-electron chi connectivity index (χ4n) is 3.83. The highest BCUT2D eigenvalue weighted by Gasteiger charge is 2.17. The van der Waals surface area contributed by atoms with Gasteiger partial charge in [-0.2, -0.15) is 0 Å². The summed E-state index contributed by atoms with van der Waals surface area (Å²) in [7, 11) is 0. The van der Waals surface area contributed by atoms with Gasteiger partial charge < -0.3 is 15.2 Å². The minimum atomic E-state index is -0.699. The second-order valence-electron chi connectivity index (χ2n) is 9.64. The molecule has 0 radical (unpaired) electrons. The van der Waals surface area contributed by atoms with Crippen LogP contribution in [0.15, 0.2) is 54.7 Å². The number of nitrogens with zero attached hydrogens (tertiary/aromatic N) is 3. The molecule has 2 heterocycles. The third-order valence-corrected chi connectivity index (χ3v) is 6.46. The molecule has 0 saturated heterocycles. The molecule has 0 aliphatic carbocycles. The zero-order valence-corrected chi connectivity index (χ0v) is 23.0. The SMILES string of the molecule is CC(C)(O)CCCCOc1ccc(Cl)c(-c2cc(NC(=O)c3n[nH]c(Cc4ccccc4F)n3)ncc2Cl)c1. The summed E-state index contributed by atoms with van der Waals surface area (Å²) in [5, 5.41) is 19.9. The van der Waals surface area contributed by atoms with Gasteiger partial charge in [-0.05, 0) is 69.0 Å². The van der Waals surface area contributed by atoms with E-state index < -0.39 is 11.5 Å². The molecule has 0 bridgehead atoms. The number of hydrogen-bond donors (Lipinski definition) is 3. The molecule has 0 aliphatic rings. The lowest BCUT2D eigenvalue weighted by atomic mass is 10.0. The van der Waals surface area contributed by atoms with Crippen molar-refractivity contribution in [1.29, 1.82) is 0 Å². The van der Waals surface area contributed by atoms with E-state index in [1.807, 2.05) is 0 Å². The highest BCUT2D eigenvalue weighted by atomic mass is 35.5. The topological polar surface area (TPSA) is 113 Å². The van der Waals surface area contributed by atoms with Gasteiger partial charge in [-0.1, -0.05) is 41.4 Å². The van der Waals surface area contributed by atoms with E-state index in [0.29, 0.717) is 51.3 Å². The zero-order valence-electron chi connectivity index (χ0n) is 21.5. The van der Waals surface area contributed by atoms with Gasteiger partial charge >= 0.3 is 0 Å². The fourth-order valence-corrected chi connectivity index (χ4v) is 4.26. The minimum Gasteiger partial charge on any atom is -0.494 e. The van der Waals surface area contributed by atoms with Crippen LogP contribution in [-0.2, 0) is 6.42 Å². The molecule has 3 N–H and O–H groups in total. The second-order valence-corrected chi connectivity index (χ2v) is 10.5. The number of halogens is 3. The molecule has 1 amide bonds. The monoisotopic (exact) mass is 571 g/mol. The molecule has 0 unspecified atom stereocenters. The van der Waals surface area contributed by atoms with E-state index in [4.69, 9.17) is 27.9 Å². The van der Waals surface area contributed by atoms with Crippen LogP contribution in [0.25, 0.3) is 11.1 Å². The molecule has 4 aromatic rings. The third-order valence-electron chi connectivity index (χ3n) is 5.83. The number of ether oxygens (including phenoxy) is 1. The Morgan fingerprint density at radius 2 is 1.87 bits per heavy atom. The predicted molar refractivity (Wildman–Crippen MR) is 149 cm³/mol. The van der Waals surface area contributed by atoms with Crippen LogP contribution in [0.5, 0.6) is 5.75 Å². The molecular formula is C28H28Cl2FN5O3. The number of amides is 1. The van der Waals surface area contributed by atoms with Gasteiger partial charge in [0.1, 0.15) is 23.2 Å². The number of nitrogens with one attached hydrogen (secondary N) is 2. The number of unbranched alkanes of at least 4 members (excludes halogenated alkanes) is 1. The second kappa shape index (κ2) is 12.5. The number of pyridine rings is 1. The van der Waals surface area contributed by atoms with E-state index in [2.05, 4.69) is 25.5 Å². The number of carbonyl (C=O) groups is 1. The van der Waals surface area contributed by atoms with Crippen LogP contribution in [-0.4, -0.2) is 43.4 Å². The van der Waals surface area contributed by atoms with Crippen LogP contribution in [0, 0.1) is 5.82 Å². The maximum Gasteiger partial charge on any atom is 0.296 e. The van der Waals surface area contributed by atoms with Crippen molar-refractivity contribution >= 4 is 34.9 Å². The Hall–Kier alpha value is -3.53. The molecule has 4 rings (SSSR count). The number of aromatic nitrogens is 4. The van der Waals surface area contributed by atoms with Crippen molar-refractivity contribution in [3.63, 3.8) is 0 Å². The maximum atomic E-state index is 13.9. The zero-order chi connectivity index (χ0) is 28.0. The average molecular weight is 572 g/mol. The molecule has 0 saturated carbocycles. The lowest BCUT2D eigenvalue weighted by Crippen LogP contribution is -2.18. The number of rotatable bonds is 11. The third kappa shape index (κ3) is 7.98. The number of carbonyl (C=O) groups excluding carboxylic acids is 1. The van der Waals surface area contributed by atoms with Crippen LogP contribution in [0.1, 0.15) is 55.1 Å². The molecular weight excluding hydrogens is 544 g/mol. The Labute approximate surface area is 235 Å². The first kappa shape index (κ1) is 28.5. The average Bonchev–Trinajstić information content (AvgIpc) is 3.35. The number of aromatic amines is 1. The largest absolute Gasteiger partial charge is 0.494 e. The summed E-state index contributed by atoms with van der Waals surface area (Å²) in [4.78, 5) is 21.1. The van der Waals surface area contributed by atoms with E-state index in [-0.39, 0.29) is 23.9 Å². The lowest BCUT2D eigenvalue weighted by molar-refractivity contribution is 0.0670. The maximum absolute atomic E-state index is 13.9. The van der Waals surface area contributed by atoms with Crippen LogP contribution in [0.2, 0.25) is 10.0 Å². The summed E-state index contributed by atoms with van der Waals surface area (Å²) < 4.78 is 19.8. The Bertz CT molecular complexity index is 1460. The fraction of sp³-hybridized carbons (Fsp3) is 0.286. The summed E-state index contributed by atoms with van der Waals surface area (Å²) in [6, 6.07) is 13.2. The van der Waals surface area contributed by atoms with Crippen molar-refractivity contribution in [2.75, 3.05) is 11.9 Å². The Kier molecular flexibility index (Phi) is 9.16. The number of aliphatic hydroxyl groups is 1. The van der Waals surface area contributed by atoms with E-state index in [1.54, 1.807) is 56.3 Å². The molecule has 2 aromatic heterocycles. The van der Waals surface area contributed by atoms with E-state index in [0.717, 1.165) is 12.8 Å². The van der Waals surface area contributed by atoms with Gasteiger partial charge in [0, 0.05) is 28.8 Å². The number of hydrogen-bond acceptors (Lipinski definition) is 6. The number of anilines is 1. The summed E-state index contributed by atoms with van der Waals surface area (Å²) in [6.07, 6.45) is 3.88. The van der Waals surface area contributed by atoms with Crippen LogP contribution >= 0.6 is 23.2 Å². The normalized spacial score (nSPS) is 11.4. The summed E-state index contributed by atoms with van der Waals surface area (Å²) in [5.41, 5.74) is 0.894. The first-order valence-corrected chi connectivity index (χ1v) is 13.1. The van der Waals surface area contributed by atoms with Gasteiger partial charge in [0.2, 0.25) is 5.82 Å². The number of H-pyrrole nitrogens is 1. The molecule has 39 heavy (non-hydrogen) atoms. The summed E-state index contributed by atoms with van der Waals surface area (Å²) in [5.74, 6) is 0.0992. The van der Waals surface area contributed by atoms with Gasteiger partial charge in [-0.25, -0.2) is 14.4 Å². The van der Waals surface area contributed by atoms with Crippen molar-refractivity contribution in [1.82, 2.24) is 20.2 Å². The van der Waals surface area contributed by atoms with Crippen molar-refractivity contribution < 1.29 is 19.0 Å². The highest BCUT2D eigenvalue weighted by molar-refractivity contribution is 6.36. The molecule has 0 atom stereocenters. The van der Waals surface area contributed by atoms with Gasteiger partial charge in [0.05, 0.1) is 17.2 Å². The minimum absolute atomic E-state index is 0.113. The molecule has 2 aromatic carbocycles. The first-order chi connectivity index (χ1) is 18.6. The van der Waals surface area contributed by atoms with Gasteiger partial charge in [0.15, 0.2) is 0 Å². The van der Waals surface area contributed by atoms with Crippen LogP contribution < -0.4 is 10.1 Å². The molecule has 204 valence electrons. The summed E-state index contributed by atoms with van der Waals surface area (Å²) >= 11 is 12.9. The standard InChI is InChI=1S/C28H28Cl2FN5O3/c1-28(2,38)11-5-6-12-39-18-9-10-21(29)19(14-18)20-15-24(32-16-22(20)30)34-27(37)26-33-25(35-36-26)13-17-7-3-4-8-23(17)31/h3-4,7-10,14-16,38H,5-6,11-13H2,1-2H3,(H,32,34,37)(H,33,35,36). The Morgan fingerprint density at radius 3 is 2.64 bits per heavy atom. The number of benzene rings is 2. The predicted octanol–water partition coefficient (Wildman–Crippen LogP) is 6.48. The van der Waals surface area contributed by atoms with Gasteiger partial charge in [-0.3, -0.25) is 9.89 Å². The van der Waals surface area contributed by atoms with Crippen molar-refractivity contribution in [3.8, 4) is 16.9 Å². The quantitative estimate of drug-likeness (QED) is 0.178. The smallest absolute Gasteiger partial charge is 0.296 e. The molecule has 11 heteroatoms. The Balaban J connectivity index is 1.44. The van der Waals surface area contributed by atoms with Crippen molar-refractivity contribution in [2.45, 2.75) is 45.1 Å². The van der Waals surface area contributed by atoms with E-state index >= 15 is 0 Å².